The smallest absolute Gasteiger partial charge is 0.212 e. The van der Waals surface area contributed by atoms with E-state index in [1.807, 2.05) is 24.3 Å². The molecule has 2 aromatic rings. The zero-order valence-corrected chi connectivity index (χ0v) is 14.5. The first-order valence-corrected chi connectivity index (χ1v) is 8.10. The van der Waals surface area contributed by atoms with E-state index in [1.165, 1.54) is 0 Å². The SMILES string of the molecule is CC(C)[C@H](N)c1nnc2n1N=C(c1ccc(Cl)cc1)CS2.[Cl-]. The summed E-state index contributed by atoms with van der Waals surface area (Å²) >= 11 is 7.54. The maximum atomic E-state index is 6.19. The number of hydrogen-bond donors (Lipinski definition) is 1. The van der Waals surface area contributed by atoms with Crippen LogP contribution in [0.2, 0.25) is 5.02 Å². The summed E-state index contributed by atoms with van der Waals surface area (Å²) in [6.07, 6.45) is 0. The van der Waals surface area contributed by atoms with E-state index >= 15 is 0 Å². The van der Waals surface area contributed by atoms with E-state index < -0.39 is 0 Å². The Kier molecular flexibility index (Phi) is 5.50. The maximum Gasteiger partial charge on any atom is 0.212 e. The molecule has 3 rings (SSSR count). The number of nitrogens with zero attached hydrogens (tertiary/aromatic N) is 4. The largest absolute Gasteiger partial charge is 1.00 e. The Bertz CT molecular complexity index is 681. The molecule has 5 nitrogen and oxygen atoms in total. The average Bonchev–Trinajstić information content (AvgIpc) is 2.90. The van der Waals surface area contributed by atoms with E-state index in [1.54, 1.807) is 16.4 Å². The fourth-order valence-corrected chi connectivity index (χ4v) is 3.00. The lowest BCUT2D eigenvalue weighted by Gasteiger charge is -2.18. The second kappa shape index (κ2) is 7.00. The Morgan fingerprint density at radius 2 is 1.91 bits per heavy atom. The first-order chi connectivity index (χ1) is 10.1. The summed E-state index contributed by atoms with van der Waals surface area (Å²) in [7, 11) is 0. The van der Waals surface area contributed by atoms with Gasteiger partial charge in [-0.15, -0.1) is 10.2 Å². The minimum Gasteiger partial charge on any atom is -1.00 e. The molecule has 0 radical (unpaired) electrons. The van der Waals surface area contributed by atoms with Crippen LogP contribution < -0.4 is 18.1 Å². The number of nitrogens with two attached hydrogens (primary N) is 1. The van der Waals surface area contributed by atoms with Crippen LogP contribution >= 0.6 is 23.4 Å². The Balaban J connectivity index is 0.00000176. The highest BCUT2D eigenvalue weighted by atomic mass is 35.5. The number of hydrogen-bond acceptors (Lipinski definition) is 5. The molecule has 1 atom stereocenters. The standard InChI is InChI=1S/C14H16ClN5S.ClH/c1-8(2)12(16)13-17-18-14-20(13)19-11(7-21-14)9-3-5-10(15)6-4-9;/h3-6,8,12H,7,16H2,1-2H3;1H/p-1/t12-;/m0./s1. The van der Waals surface area contributed by atoms with E-state index in [4.69, 9.17) is 17.3 Å². The lowest BCUT2D eigenvalue weighted by atomic mass is 10.1. The van der Waals surface area contributed by atoms with Crippen LogP contribution in [0.3, 0.4) is 0 Å². The summed E-state index contributed by atoms with van der Waals surface area (Å²) in [5.74, 6) is 1.74. The third-order valence-corrected chi connectivity index (χ3v) is 4.57. The predicted molar refractivity (Wildman–Crippen MR) is 85.9 cm³/mol. The fourth-order valence-electron chi connectivity index (χ4n) is 2.03. The minimum absolute atomic E-state index is 0. The van der Waals surface area contributed by atoms with Gasteiger partial charge in [-0.25, -0.2) is 0 Å². The number of fused-ring (bicyclic) bond motifs is 1. The Morgan fingerprint density at radius 3 is 2.55 bits per heavy atom. The third kappa shape index (κ3) is 3.30. The number of halogens is 2. The normalized spacial score (nSPS) is 15.0. The van der Waals surface area contributed by atoms with Gasteiger partial charge in [-0.1, -0.05) is 49.3 Å². The quantitative estimate of drug-likeness (QED) is 0.836. The van der Waals surface area contributed by atoms with Gasteiger partial charge < -0.3 is 18.1 Å². The van der Waals surface area contributed by atoms with Crippen molar-refractivity contribution in [2.75, 3.05) is 5.75 Å². The number of thioether (sulfide) groups is 1. The van der Waals surface area contributed by atoms with Crippen LogP contribution in [0.15, 0.2) is 34.5 Å². The van der Waals surface area contributed by atoms with Crippen molar-refractivity contribution >= 4 is 29.1 Å². The van der Waals surface area contributed by atoms with Crippen LogP contribution in [0.25, 0.3) is 0 Å². The zero-order valence-electron chi connectivity index (χ0n) is 12.2. The van der Waals surface area contributed by atoms with Gasteiger partial charge in [0.05, 0.1) is 11.8 Å². The van der Waals surface area contributed by atoms with Gasteiger partial charge in [-0.05, 0) is 23.6 Å². The van der Waals surface area contributed by atoms with E-state index in [2.05, 4.69) is 29.1 Å². The van der Waals surface area contributed by atoms with E-state index in [9.17, 15) is 0 Å². The minimum atomic E-state index is -0.180. The Hall–Kier alpha value is -1.08. The van der Waals surface area contributed by atoms with Crippen molar-refractivity contribution in [1.82, 2.24) is 14.9 Å². The summed E-state index contributed by atoms with van der Waals surface area (Å²) in [6, 6.07) is 7.50. The molecule has 8 heteroatoms. The molecule has 0 aliphatic carbocycles. The molecular formula is C14H16Cl2N5S-. The molecular weight excluding hydrogens is 341 g/mol. The highest BCUT2D eigenvalue weighted by Crippen LogP contribution is 2.27. The van der Waals surface area contributed by atoms with Gasteiger partial charge in [0.2, 0.25) is 5.16 Å². The molecule has 2 N–H and O–H groups in total. The highest BCUT2D eigenvalue weighted by Gasteiger charge is 2.24. The van der Waals surface area contributed by atoms with Gasteiger partial charge in [0.25, 0.3) is 0 Å². The first-order valence-electron chi connectivity index (χ1n) is 6.73. The molecule has 22 heavy (non-hydrogen) atoms. The van der Waals surface area contributed by atoms with E-state index in [-0.39, 0.29) is 24.4 Å². The van der Waals surface area contributed by atoms with Crippen LogP contribution in [-0.2, 0) is 0 Å². The van der Waals surface area contributed by atoms with Gasteiger partial charge >= 0.3 is 0 Å². The number of aromatic nitrogens is 3. The summed E-state index contributed by atoms with van der Waals surface area (Å²) in [6.45, 7) is 4.12. The van der Waals surface area contributed by atoms with Crippen molar-refractivity contribution in [1.29, 1.82) is 0 Å². The van der Waals surface area contributed by atoms with Crippen LogP contribution in [-0.4, -0.2) is 26.3 Å². The van der Waals surface area contributed by atoms with Crippen LogP contribution in [0.1, 0.15) is 31.3 Å². The molecule has 1 aliphatic heterocycles. The van der Waals surface area contributed by atoms with E-state index in [0.717, 1.165) is 27.2 Å². The summed E-state index contributed by atoms with van der Waals surface area (Å²) in [4.78, 5) is 0. The highest BCUT2D eigenvalue weighted by molar-refractivity contribution is 7.99. The van der Waals surface area contributed by atoms with Crippen molar-refractivity contribution in [3.8, 4) is 0 Å². The van der Waals surface area contributed by atoms with Gasteiger partial charge in [0.15, 0.2) is 5.82 Å². The molecule has 2 heterocycles. The van der Waals surface area contributed by atoms with Crippen LogP contribution in [0, 0.1) is 5.92 Å². The summed E-state index contributed by atoms with van der Waals surface area (Å²) in [5, 5.41) is 14.6. The maximum absolute atomic E-state index is 6.19. The molecule has 0 unspecified atom stereocenters. The number of rotatable bonds is 3. The van der Waals surface area contributed by atoms with Crippen molar-refractivity contribution < 1.29 is 12.4 Å². The lowest BCUT2D eigenvalue weighted by Crippen LogP contribution is -3.00. The molecule has 118 valence electrons. The molecule has 1 aliphatic rings. The van der Waals surface area contributed by atoms with Gasteiger partial charge in [0, 0.05) is 10.8 Å². The Morgan fingerprint density at radius 1 is 1.23 bits per heavy atom. The summed E-state index contributed by atoms with van der Waals surface area (Å²) < 4.78 is 1.77. The van der Waals surface area contributed by atoms with Crippen molar-refractivity contribution in [2.24, 2.45) is 16.8 Å². The second-order valence-electron chi connectivity index (χ2n) is 5.26. The predicted octanol–water partition coefficient (Wildman–Crippen LogP) is -0.0506. The molecule has 0 spiro atoms. The van der Waals surface area contributed by atoms with Crippen molar-refractivity contribution in [2.45, 2.75) is 25.0 Å². The molecule has 0 saturated heterocycles. The molecule has 1 aromatic heterocycles. The molecule has 0 amide bonds. The monoisotopic (exact) mass is 356 g/mol. The van der Waals surface area contributed by atoms with Gasteiger partial charge in [-0.3, -0.25) is 0 Å². The zero-order chi connectivity index (χ0) is 15.0. The van der Waals surface area contributed by atoms with Crippen LogP contribution in [0.4, 0.5) is 0 Å². The fraction of sp³-hybridized carbons (Fsp3) is 0.357. The topological polar surface area (TPSA) is 69.1 Å². The molecule has 0 fully saturated rings. The molecule has 0 saturated carbocycles. The molecule has 0 bridgehead atoms. The van der Waals surface area contributed by atoms with Crippen LogP contribution in [0.5, 0.6) is 0 Å². The van der Waals surface area contributed by atoms with Crippen molar-refractivity contribution in [3.63, 3.8) is 0 Å². The Labute approximate surface area is 144 Å². The van der Waals surface area contributed by atoms with Gasteiger partial charge in [0.1, 0.15) is 0 Å². The van der Waals surface area contributed by atoms with Gasteiger partial charge in [-0.2, -0.15) is 9.78 Å². The average molecular weight is 357 g/mol. The lowest BCUT2D eigenvalue weighted by molar-refractivity contribution is -0.00000448. The second-order valence-corrected chi connectivity index (χ2v) is 6.64. The van der Waals surface area contributed by atoms with E-state index in [0.29, 0.717) is 5.82 Å². The third-order valence-electron chi connectivity index (χ3n) is 3.39. The number of benzene rings is 1. The first kappa shape index (κ1) is 17.3. The van der Waals surface area contributed by atoms with Crippen molar-refractivity contribution in [3.05, 3.63) is 40.7 Å². The molecule has 1 aromatic carbocycles. The summed E-state index contributed by atoms with van der Waals surface area (Å²) in [5.41, 5.74) is 8.22.